The molecule has 0 atom stereocenters. The lowest BCUT2D eigenvalue weighted by Crippen LogP contribution is -1.97. The minimum atomic E-state index is -0.631. The lowest BCUT2D eigenvalue weighted by atomic mass is 10.1. The highest BCUT2D eigenvalue weighted by Crippen LogP contribution is 2.30. The second-order valence-electron chi connectivity index (χ2n) is 4.79. The summed E-state index contributed by atoms with van der Waals surface area (Å²) in [6.07, 6.45) is 3.22. The van der Waals surface area contributed by atoms with Crippen LogP contribution in [-0.4, -0.2) is 17.0 Å². The Hall–Kier alpha value is -3.22. The molecule has 2 aromatic carbocycles. The Morgan fingerprint density at radius 3 is 2.17 bits per heavy atom. The van der Waals surface area contributed by atoms with Gasteiger partial charge in [0, 0.05) is 11.1 Å². The molecule has 0 heterocycles. The van der Waals surface area contributed by atoms with E-state index in [0.29, 0.717) is 16.9 Å². The smallest absolute Gasteiger partial charge is 0.283 e. The molecule has 0 fully saturated rings. The second kappa shape index (κ2) is 6.69. The van der Waals surface area contributed by atoms with Crippen LogP contribution in [0.5, 0.6) is 5.75 Å². The monoisotopic (exact) mass is 314 g/mol. The summed E-state index contributed by atoms with van der Waals surface area (Å²) in [4.78, 5) is 20.8. The number of para-hydroxylation sites is 1. The predicted octanol–water partition coefficient (Wildman–Crippen LogP) is 3.99. The largest absolute Gasteiger partial charge is 0.496 e. The lowest BCUT2D eigenvalue weighted by Gasteiger charge is -2.04. The zero-order valence-electron chi connectivity index (χ0n) is 12.6. The number of nitro groups is 2. The number of ether oxygens (including phenoxy) is 1. The van der Waals surface area contributed by atoms with Crippen molar-refractivity contribution in [2.24, 2.45) is 0 Å². The van der Waals surface area contributed by atoms with Crippen molar-refractivity contribution in [1.29, 1.82) is 0 Å². The van der Waals surface area contributed by atoms with E-state index < -0.39 is 9.85 Å². The van der Waals surface area contributed by atoms with Gasteiger partial charge in [0.1, 0.15) is 5.75 Å². The quantitative estimate of drug-likeness (QED) is 0.472. The Kier molecular flexibility index (Phi) is 4.70. The van der Waals surface area contributed by atoms with Crippen LogP contribution in [0, 0.1) is 27.2 Å². The first-order valence-electron chi connectivity index (χ1n) is 6.68. The van der Waals surface area contributed by atoms with E-state index in [4.69, 9.17) is 4.74 Å². The summed E-state index contributed by atoms with van der Waals surface area (Å²) in [7, 11) is 1.53. The van der Waals surface area contributed by atoms with Crippen LogP contribution in [0.1, 0.15) is 16.7 Å². The number of methoxy groups -OCH3 is 1. The molecule has 0 aliphatic rings. The standard InChI is InChI=1S/C16H14N2O5/c1-11-9-13(15(18(21)22)10-14(11)17(19)20)8-7-12-5-3-4-6-16(12)23-2/h3-10H,1-2H3/b8-7+. The number of benzene rings is 2. The topological polar surface area (TPSA) is 95.5 Å². The fraction of sp³-hybridized carbons (Fsp3) is 0.125. The SMILES string of the molecule is COc1ccccc1/C=C/c1cc(C)c([N+](=O)[O-])cc1[N+](=O)[O-]. The molecule has 0 saturated heterocycles. The highest BCUT2D eigenvalue weighted by Gasteiger charge is 2.21. The van der Waals surface area contributed by atoms with Gasteiger partial charge in [-0.15, -0.1) is 0 Å². The summed E-state index contributed by atoms with van der Waals surface area (Å²) in [6.45, 7) is 1.54. The summed E-state index contributed by atoms with van der Waals surface area (Å²) >= 11 is 0. The minimum Gasteiger partial charge on any atom is -0.496 e. The predicted molar refractivity (Wildman–Crippen MR) is 86.4 cm³/mol. The zero-order valence-corrected chi connectivity index (χ0v) is 12.6. The van der Waals surface area contributed by atoms with E-state index in [-0.39, 0.29) is 11.4 Å². The van der Waals surface area contributed by atoms with Crippen LogP contribution in [0.25, 0.3) is 12.2 Å². The first-order valence-corrected chi connectivity index (χ1v) is 6.68. The number of hydrogen-bond acceptors (Lipinski definition) is 5. The Morgan fingerprint density at radius 2 is 1.57 bits per heavy atom. The molecule has 2 aromatic rings. The van der Waals surface area contributed by atoms with Crippen LogP contribution in [0.15, 0.2) is 36.4 Å². The molecule has 23 heavy (non-hydrogen) atoms. The molecule has 0 aliphatic carbocycles. The van der Waals surface area contributed by atoms with E-state index in [1.165, 1.54) is 13.2 Å². The molecular formula is C16H14N2O5. The number of hydrogen-bond donors (Lipinski definition) is 0. The molecule has 0 N–H and O–H groups in total. The molecule has 0 spiro atoms. The Labute approximate surface area is 132 Å². The maximum Gasteiger partial charge on any atom is 0.283 e. The third-order valence-electron chi connectivity index (χ3n) is 3.32. The Morgan fingerprint density at radius 1 is 0.957 bits per heavy atom. The van der Waals surface area contributed by atoms with E-state index in [1.54, 1.807) is 31.2 Å². The molecule has 7 nitrogen and oxygen atoms in total. The van der Waals surface area contributed by atoms with E-state index in [1.807, 2.05) is 12.1 Å². The first-order chi connectivity index (χ1) is 10.9. The summed E-state index contributed by atoms with van der Waals surface area (Å²) in [5.74, 6) is 0.630. The van der Waals surface area contributed by atoms with E-state index in [2.05, 4.69) is 0 Å². The highest BCUT2D eigenvalue weighted by atomic mass is 16.6. The van der Waals surface area contributed by atoms with E-state index >= 15 is 0 Å². The Balaban J connectivity index is 2.50. The van der Waals surface area contributed by atoms with E-state index in [9.17, 15) is 20.2 Å². The van der Waals surface area contributed by atoms with Crippen LogP contribution in [-0.2, 0) is 0 Å². The van der Waals surface area contributed by atoms with E-state index in [0.717, 1.165) is 11.6 Å². The van der Waals surface area contributed by atoms with Gasteiger partial charge < -0.3 is 4.74 Å². The van der Waals surface area contributed by atoms with Crippen molar-refractivity contribution in [1.82, 2.24) is 0 Å². The third kappa shape index (κ3) is 3.52. The maximum atomic E-state index is 11.2. The van der Waals surface area contributed by atoms with Gasteiger partial charge in [0.15, 0.2) is 0 Å². The van der Waals surface area contributed by atoms with Crippen LogP contribution in [0.2, 0.25) is 0 Å². The number of rotatable bonds is 5. The van der Waals surface area contributed by atoms with Crippen LogP contribution in [0.4, 0.5) is 11.4 Å². The minimum absolute atomic E-state index is 0.272. The van der Waals surface area contributed by atoms with Crippen LogP contribution >= 0.6 is 0 Å². The van der Waals surface area contributed by atoms with Gasteiger partial charge in [-0.25, -0.2) is 0 Å². The average Bonchev–Trinajstić information content (AvgIpc) is 2.52. The summed E-state index contributed by atoms with van der Waals surface area (Å²) in [5, 5.41) is 22.1. The molecular weight excluding hydrogens is 300 g/mol. The van der Waals surface area contributed by atoms with Crippen molar-refractivity contribution in [3.8, 4) is 5.75 Å². The first kappa shape index (κ1) is 16.2. The Bertz CT molecular complexity index is 799. The number of nitrogens with zero attached hydrogens (tertiary/aromatic N) is 2. The molecule has 2 rings (SSSR count). The van der Waals surface area contributed by atoms with Crippen LogP contribution < -0.4 is 4.74 Å². The fourth-order valence-corrected chi connectivity index (χ4v) is 2.18. The van der Waals surface area contributed by atoms with Gasteiger partial charge in [-0.3, -0.25) is 20.2 Å². The van der Waals surface area contributed by atoms with Gasteiger partial charge in [-0.1, -0.05) is 24.3 Å². The summed E-state index contributed by atoms with van der Waals surface area (Å²) < 4.78 is 5.21. The second-order valence-corrected chi connectivity index (χ2v) is 4.79. The molecule has 7 heteroatoms. The third-order valence-corrected chi connectivity index (χ3v) is 3.32. The molecule has 0 bridgehead atoms. The van der Waals surface area contributed by atoms with Crippen LogP contribution in [0.3, 0.4) is 0 Å². The van der Waals surface area contributed by atoms with Gasteiger partial charge >= 0.3 is 0 Å². The highest BCUT2D eigenvalue weighted by molar-refractivity contribution is 5.77. The molecule has 0 aliphatic heterocycles. The number of aryl methyl sites for hydroxylation is 1. The normalized spacial score (nSPS) is 10.7. The molecule has 118 valence electrons. The van der Waals surface area contributed by atoms with Gasteiger partial charge in [-0.2, -0.15) is 0 Å². The average molecular weight is 314 g/mol. The summed E-state index contributed by atoms with van der Waals surface area (Å²) in [5.41, 5.74) is 0.823. The van der Waals surface area contributed by atoms with Crippen molar-refractivity contribution in [2.75, 3.05) is 7.11 Å². The fourth-order valence-electron chi connectivity index (χ4n) is 2.18. The maximum absolute atomic E-state index is 11.2. The lowest BCUT2D eigenvalue weighted by molar-refractivity contribution is -0.394. The molecule has 0 amide bonds. The molecule has 0 aromatic heterocycles. The molecule has 0 unspecified atom stereocenters. The van der Waals surface area contributed by atoms with Crippen molar-refractivity contribution in [2.45, 2.75) is 6.92 Å². The van der Waals surface area contributed by atoms with Gasteiger partial charge in [0.05, 0.1) is 28.6 Å². The van der Waals surface area contributed by atoms with Gasteiger partial charge in [0.2, 0.25) is 0 Å². The molecule has 0 radical (unpaired) electrons. The summed E-state index contributed by atoms with van der Waals surface area (Å²) in [6, 6.07) is 9.63. The number of nitro benzene ring substituents is 2. The van der Waals surface area contributed by atoms with Crippen molar-refractivity contribution < 1.29 is 14.6 Å². The van der Waals surface area contributed by atoms with Gasteiger partial charge in [0.25, 0.3) is 11.4 Å². The zero-order chi connectivity index (χ0) is 17.0. The molecule has 0 saturated carbocycles. The van der Waals surface area contributed by atoms with Gasteiger partial charge in [-0.05, 0) is 25.1 Å². The van der Waals surface area contributed by atoms with Crippen molar-refractivity contribution >= 4 is 23.5 Å². The van der Waals surface area contributed by atoms with Crippen molar-refractivity contribution in [3.05, 3.63) is 73.3 Å². The van der Waals surface area contributed by atoms with Crippen molar-refractivity contribution in [3.63, 3.8) is 0 Å².